The predicted molar refractivity (Wildman–Crippen MR) is 81.8 cm³/mol. The quantitative estimate of drug-likeness (QED) is 0.848. The van der Waals surface area contributed by atoms with Gasteiger partial charge < -0.3 is 9.64 Å². The van der Waals surface area contributed by atoms with Gasteiger partial charge in [-0.15, -0.1) is 0 Å². The second-order valence-corrected chi connectivity index (χ2v) is 5.54. The van der Waals surface area contributed by atoms with Crippen LogP contribution in [0.15, 0.2) is 30.6 Å². The fourth-order valence-corrected chi connectivity index (χ4v) is 2.55. The van der Waals surface area contributed by atoms with E-state index < -0.39 is 11.9 Å². The number of hydrogen-bond acceptors (Lipinski definition) is 6. The second kappa shape index (κ2) is 6.93. The standard InChI is InChI=1S/C16H14F3N5O/c17-16(18,19)13-3-6-21-15(23-13)25-12-4-7-24(8-5-12)14-2-1-11(9-20)10-22-14/h1-3,6,10,12H,4-5,7-8H2. The van der Waals surface area contributed by atoms with E-state index in [0.717, 1.165) is 18.1 Å². The molecule has 130 valence electrons. The Labute approximate surface area is 141 Å². The molecule has 1 aliphatic heterocycles. The lowest BCUT2D eigenvalue weighted by atomic mass is 10.1. The van der Waals surface area contributed by atoms with Crippen LogP contribution in [-0.2, 0) is 6.18 Å². The first-order valence-electron chi connectivity index (χ1n) is 7.64. The Kier molecular flexibility index (Phi) is 4.70. The average molecular weight is 349 g/mol. The molecular formula is C16H14F3N5O. The number of anilines is 1. The van der Waals surface area contributed by atoms with Crippen molar-refractivity contribution in [1.29, 1.82) is 5.26 Å². The number of halogens is 3. The van der Waals surface area contributed by atoms with Crippen LogP contribution in [-0.4, -0.2) is 34.1 Å². The van der Waals surface area contributed by atoms with Gasteiger partial charge >= 0.3 is 12.2 Å². The first-order valence-corrected chi connectivity index (χ1v) is 7.64. The Balaban J connectivity index is 1.58. The second-order valence-electron chi connectivity index (χ2n) is 5.54. The summed E-state index contributed by atoms with van der Waals surface area (Å²) >= 11 is 0. The van der Waals surface area contributed by atoms with Crippen molar-refractivity contribution in [2.24, 2.45) is 0 Å². The normalized spacial score (nSPS) is 15.7. The van der Waals surface area contributed by atoms with Gasteiger partial charge in [0.1, 0.15) is 18.0 Å². The van der Waals surface area contributed by atoms with Gasteiger partial charge in [-0.05, 0) is 18.2 Å². The van der Waals surface area contributed by atoms with Crippen molar-refractivity contribution in [3.8, 4) is 12.1 Å². The SMILES string of the molecule is N#Cc1ccc(N2CCC(Oc3nccc(C(F)(F)F)n3)CC2)nc1. The van der Waals surface area contributed by atoms with Crippen molar-refractivity contribution in [2.45, 2.75) is 25.1 Å². The molecule has 3 rings (SSSR count). The van der Waals surface area contributed by atoms with Gasteiger partial charge in [-0.3, -0.25) is 0 Å². The maximum Gasteiger partial charge on any atom is 0.433 e. The monoisotopic (exact) mass is 349 g/mol. The highest BCUT2D eigenvalue weighted by Crippen LogP contribution is 2.28. The van der Waals surface area contributed by atoms with E-state index in [0.29, 0.717) is 31.5 Å². The van der Waals surface area contributed by atoms with Gasteiger partial charge in [-0.1, -0.05) is 0 Å². The number of nitrogens with zero attached hydrogens (tertiary/aromatic N) is 5. The van der Waals surface area contributed by atoms with E-state index in [4.69, 9.17) is 10.00 Å². The molecule has 1 fully saturated rings. The minimum atomic E-state index is -4.52. The van der Waals surface area contributed by atoms with E-state index in [1.807, 2.05) is 11.0 Å². The summed E-state index contributed by atoms with van der Waals surface area (Å²) in [5.41, 5.74) is -0.527. The topological polar surface area (TPSA) is 74.9 Å². The third kappa shape index (κ3) is 4.15. The van der Waals surface area contributed by atoms with Crippen LogP contribution in [0.3, 0.4) is 0 Å². The summed E-state index contributed by atoms with van der Waals surface area (Å²) in [5.74, 6) is 0.757. The third-order valence-electron chi connectivity index (χ3n) is 3.84. The summed E-state index contributed by atoms with van der Waals surface area (Å²) in [4.78, 5) is 13.4. The largest absolute Gasteiger partial charge is 0.460 e. The first kappa shape index (κ1) is 17.0. The number of rotatable bonds is 3. The molecule has 25 heavy (non-hydrogen) atoms. The van der Waals surface area contributed by atoms with Crippen molar-refractivity contribution < 1.29 is 17.9 Å². The average Bonchev–Trinajstić information content (AvgIpc) is 2.62. The minimum Gasteiger partial charge on any atom is -0.460 e. The summed E-state index contributed by atoms with van der Waals surface area (Å²) in [7, 11) is 0. The Morgan fingerprint density at radius 2 is 1.92 bits per heavy atom. The minimum absolute atomic E-state index is 0.252. The molecule has 9 heteroatoms. The van der Waals surface area contributed by atoms with E-state index in [1.54, 1.807) is 12.1 Å². The molecule has 0 bridgehead atoms. The smallest absolute Gasteiger partial charge is 0.433 e. The lowest BCUT2D eigenvalue weighted by molar-refractivity contribution is -0.141. The number of hydrogen-bond donors (Lipinski definition) is 0. The molecular weight excluding hydrogens is 335 g/mol. The molecule has 0 aromatic carbocycles. The van der Waals surface area contributed by atoms with E-state index in [-0.39, 0.29) is 12.1 Å². The van der Waals surface area contributed by atoms with Crippen LogP contribution in [0.2, 0.25) is 0 Å². The van der Waals surface area contributed by atoms with Crippen molar-refractivity contribution in [2.75, 3.05) is 18.0 Å². The van der Waals surface area contributed by atoms with Gasteiger partial charge in [0.05, 0.1) is 5.56 Å². The van der Waals surface area contributed by atoms with Crippen molar-refractivity contribution in [1.82, 2.24) is 15.0 Å². The first-order chi connectivity index (χ1) is 12.0. The van der Waals surface area contributed by atoms with Crippen LogP contribution in [0.25, 0.3) is 0 Å². The van der Waals surface area contributed by atoms with Crippen molar-refractivity contribution >= 4 is 5.82 Å². The predicted octanol–water partition coefficient (Wildman–Crippen LogP) is 2.81. The van der Waals surface area contributed by atoms with Crippen molar-refractivity contribution in [3.05, 3.63) is 41.9 Å². The molecule has 2 aromatic rings. The van der Waals surface area contributed by atoms with Crippen LogP contribution in [0.1, 0.15) is 24.1 Å². The molecule has 0 unspecified atom stereocenters. The molecule has 0 amide bonds. The zero-order valence-electron chi connectivity index (χ0n) is 13.1. The van der Waals surface area contributed by atoms with Gasteiger partial charge in [-0.2, -0.15) is 23.4 Å². The zero-order valence-corrected chi connectivity index (χ0v) is 13.1. The Bertz CT molecular complexity index is 765. The van der Waals surface area contributed by atoms with E-state index in [1.165, 1.54) is 6.20 Å². The molecule has 2 aromatic heterocycles. The fourth-order valence-electron chi connectivity index (χ4n) is 2.55. The molecule has 3 heterocycles. The molecule has 1 aliphatic rings. The fraction of sp³-hybridized carbons (Fsp3) is 0.375. The maximum absolute atomic E-state index is 12.7. The van der Waals surface area contributed by atoms with Crippen LogP contribution >= 0.6 is 0 Å². The highest BCUT2D eigenvalue weighted by Gasteiger charge is 2.33. The molecule has 0 saturated carbocycles. The maximum atomic E-state index is 12.7. The number of alkyl halides is 3. The molecule has 6 nitrogen and oxygen atoms in total. The molecule has 0 N–H and O–H groups in total. The number of pyridine rings is 1. The van der Waals surface area contributed by atoms with Crippen LogP contribution in [0.5, 0.6) is 6.01 Å². The van der Waals surface area contributed by atoms with E-state index in [9.17, 15) is 13.2 Å². The Morgan fingerprint density at radius 1 is 1.16 bits per heavy atom. The summed E-state index contributed by atoms with van der Waals surface area (Å²) in [5, 5.41) is 8.78. The molecule has 0 spiro atoms. The molecule has 0 radical (unpaired) electrons. The highest BCUT2D eigenvalue weighted by atomic mass is 19.4. The summed E-state index contributed by atoms with van der Waals surface area (Å²) in [6, 6.07) is 6.03. The molecule has 0 atom stereocenters. The lowest BCUT2D eigenvalue weighted by Gasteiger charge is -2.32. The summed E-state index contributed by atoms with van der Waals surface area (Å²) in [6.45, 7) is 1.28. The van der Waals surface area contributed by atoms with Crippen LogP contribution in [0.4, 0.5) is 19.0 Å². The number of aromatic nitrogens is 3. The van der Waals surface area contributed by atoms with Crippen LogP contribution in [0, 0.1) is 11.3 Å². The number of ether oxygens (including phenoxy) is 1. The highest BCUT2D eigenvalue weighted by molar-refractivity contribution is 5.42. The van der Waals surface area contributed by atoms with Gasteiger partial charge in [-0.25, -0.2) is 9.97 Å². The van der Waals surface area contributed by atoms with Crippen molar-refractivity contribution in [3.63, 3.8) is 0 Å². The lowest BCUT2D eigenvalue weighted by Crippen LogP contribution is -2.39. The van der Waals surface area contributed by atoms with E-state index in [2.05, 4.69) is 15.0 Å². The van der Waals surface area contributed by atoms with Gasteiger partial charge in [0.15, 0.2) is 5.69 Å². The summed E-state index contributed by atoms with van der Waals surface area (Å²) in [6.07, 6.45) is -0.998. The number of piperidine rings is 1. The molecule has 1 saturated heterocycles. The molecule has 0 aliphatic carbocycles. The van der Waals surface area contributed by atoms with E-state index >= 15 is 0 Å². The Morgan fingerprint density at radius 3 is 2.52 bits per heavy atom. The summed E-state index contributed by atoms with van der Waals surface area (Å²) < 4.78 is 43.5. The number of nitriles is 1. The van der Waals surface area contributed by atoms with Crippen LogP contribution < -0.4 is 9.64 Å². The van der Waals surface area contributed by atoms with Gasteiger partial charge in [0, 0.05) is 38.3 Å². The zero-order chi connectivity index (χ0) is 17.9. The van der Waals surface area contributed by atoms with Gasteiger partial charge in [0.2, 0.25) is 0 Å². The Hall–Kier alpha value is -2.89. The third-order valence-corrected chi connectivity index (χ3v) is 3.84. The van der Waals surface area contributed by atoms with Gasteiger partial charge in [0.25, 0.3) is 0 Å².